The van der Waals surface area contributed by atoms with Gasteiger partial charge in [0, 0.05) is 5.56 Å². The standard InChI is InChI=1S/C24H24FN3O4/c1-31-21-9-8-17(15-19(21)25)16-27-10-12-28(13-11-27)24(30)18-5-2-3-6-20(18)26-23(29)22-7-4-14-32-22/h2-9,14-15H,10-13,16H2,1H3,(H,26,29)/p+1. The van der Waals surface area contributed by atoms with Crippen LogP contribution in [0.4, 0.5) is 10.1 Å². The first-order valence-electron chi connectivity index (χ1n) is 10.4. The molecular weight excluding hydrogens is 413 g/mol. The van der Waals surface area contributed by atoms with Gasteiger partial charge in [-0.05, 0) is 42.5 Å². The second kappa shape index (κ2) is 9.65. The fraction of sp³-hybridized carbons (Fsp3) is 0.250. The van der Waals surface area contributed by atoms with Gasteiger partial charge in [-0.1, -0.05) is 12.1 Å². The predicted octanol–water partition coefficient (Wildman–Crippen LogP) is 2.22. The van der Waals surface area contributed by atoms with Gasteiger partial charge in [0.05, 0.1) is 50.8 Å². The molecule has 1 fully saturated rings. The van der Waals surface area contributed by atoms with E-state index in [2.05, 4.69) is 5.32 Å². The van der Waals surface area contributed by atoms with Crippen LogP contribution in [0, 0.1) is 5.82 Å². The van der Waals surface area contributed by atoms with Crippen LogP contribution in [0.25, 0.3) is 0 Å². The lowest BCUT2D eigenvalue weighted by Gasteiger charge is -2.32. The van der Waals surface area contributed by atoms with Gasteiger partial charge in [0.1, 0.15) is 6.54 Å². The van der Waals surface area contributed by atoms with Crippen LogP contribution in [0.1, 0.15) is 26.5 Å². The number of furan rings is 1. The third kappa shape index (κ3) is 4.81. The van der Waals surface area contributed by atoms with Crippen molar-refractivity contribution in [3.05, 3.63) is 83.6 Å². The molecule has 2 aromatic carbocycles. The van der Waals surface area contributed by atoms with Crippen molar-refractivity contribution in [3.8, 4) is 5.75 Å². The summed E-state index contributed by atoms with van der Waals surface area (Å²) >= 11 is 0. The molecule has 166 valence electrons. The highest BCUT2D eigenvalue weighted by Gasteiger charge is 2.26. The molecule has 0 saturated carbocycles. The zero-order valence-corrected chi connectivity index (χ0v) is 17.8. The smallest absolute Gasteiger partial charge is 0.291 e. The molecule has 32 heavy (non-hydrogen) atoms. The number of benzene rings is 2. The molecule has 2 heterocycles. The molecule has 1 aromatic heterocycles. The number of methoxy groups -OCH3 is 1. The Balaban J connectivity index is 1.37. The van der Waals surface area contributed by atoms with E-state index in [-0.39, 0.29) is 23.2 Å². The lowest BCUT2D eigenvalue weighted by atomic mass is 10.1. The largest absolute Gasteiger partial charge is 0.494 e. The van der Waals surface area contributed by atoms with Crippen LogP contribution < -0.4 is 15.0 Å². The zero-order valence-electron chi connectivity index (χ0n) is 17.8. The molecule has 0 unspecified atom stereocenters. The van der Waals surface area contributed by atoms with Crippen LogP contribution in [0.3, 0.4) is 0 Å². The Morgan fingerprint density at radius 2 is 1.91 bits per heavy atom. The number of piperazine rings is 1. The summed E-state index contributed by atoms with van der Waals surface area (Å²) in [5, 5.41) is 2.76. The van der Waals surface area contributed by atoms with Gasteiger partial charge in [-0.15, -0.1) is 0 Å². The number of carbonyl (C=O) groups excluding carboxylic acids is 2. The SMILES string of the molecule is COc1ccc(C[NH+]2CCN(C(=O)c3ccccc3NC(=O)c3ccco3)CC2)cc1F. The molecule has 3 aromatic rings. The lowest BCUT2D eigenvalue weighted by Crippen LogP contribution is -3.13. The van der Waals surface area contributed by atoms with Crippen molar-refractivity contribution in [1.82, 2.24) is 4.90 Å². The summed E-state index contributed by atoms with van der Waals surface area (Å²) in [6.45, 7) is 3.33. The number of nitrogens with zero attached hydrogens (tertiary/aromatic N) is 1. The first-order chi connectivity index (χ1) is 15.5. The number of nitrogens with one attached hydrogen (secondary N) is 2. The summed E-state index contributed by atoms with van der Waals surface area (Å²) < 4.78 is 24.0. The van der Waals surface area contributed by atoms with Crippen molar-refractivity contribution in [1.29, 1.82) is 0 Å². The third-order valence-corrected chi connectivity index (χ3v) is 5.58. The van der Waals surface area contributed by atoms with Gasteiger partial charge in [-0.25, -0.2) is 4.39 Å². The van der Waals surface area contributed by atoms with Gasteiger partial charge in [0.15, 0.2) is 17.3 Å². The van der Waals surface area contributed by atoms with Crippen molar-refractivity contribution in [2.75, 3.05) is 38.6 Å². The minimum atomic E-state index is -0.406. The van der Waals surface area contributed by atoms with E-state index in [0.717, 1.165) is 18.7 Å². The molecule has 2 N–H and O–H groups in total. The number of carbonyl (C=O) groups is 2. The number of rotatable bonds is 6. The molecule has 0 atom stereocenters. The number of ether oxygens (including phenoxy) is 1. The van der Waals surface area contributed by atoms with Gasteiger partial charge < -0.3 is 24.3 Å². The highest BCUT2D eigenvalue weighted by molar-refractivity contribution is 6.07. The molecule has 2 amide bonds. The van der Waals surface area contributed by atoms with Crippen LogP contribution in [0.5, 0.6) is 5.75 Å². The second-order valence-corrected chi connectivity index (χ2v) is 7.66. The van der Waals surface area contributed by atoms with Crippen molar-refractivity contribution in [2.24, 2.45) is 0 Å². The average Bonchev–Trinajstić information content (AvgIpc) is 3.35. The summed E-state index contributed by atoms with van der Waals surface area (Å²) in [5.41, 5.74) is 1.78. The maximum atomic E-state index is 14.0. The number of amides is 2. The van der Waals surface area contributed by atoms with E-state index in [0.29, 0.717) is 30.9 Å². The molecule has 4 rings (SSSR count). The van der Waals surface area contributed by atoms with Gasteiger partial charge >= 0.3 is 0 Å². The van der Waals surface area contributed by atoms with Gasteiger partial charge in [-0.3, -0.25) is 9.59 Å². The molecule has 8 heteroatoms. The molecular formula is C24H25FN3O4+. The number of quaternary nitrogens is 1. The normalized spacial score (nSPS) is 14.2. The first-order valence-corrected chi connectivity index (χ1v) is 10.4. The second-order valence-electron chi connectivity index (χ2n) is 7.66. The van der Waals surface area contributed by atoms with E-state index in [4.69, 9.17) is 9.15 Å². The quantitative estimate of drug-likeness (QED) is 0.619. The zero-order chi connectivity index (χ0) is 22.5. The Morgan fingerprint density at radius 1 is 1.12 bits per heavy atom. The Hall–Kier alpha value is -3.65. The minimum Gasteiger partial charge on any atom is -0.494 e. The Labute approximate surface area is 185 Å². The molecule has 1 aliphatic heterocycles. The number of anilines is 1. The highest BCUT2D eigenvalue weighted by Crippen LogP contribution is 2.19. The maximum Gasteiger partial charge on any atom is 0.291 e. The maximum absolute atomic E-state index is 14.0. The summed E-state index contributed by atoms with van der Waals surface area (Å²) in [6.07, 6.45) is 1.42. The molecule has 0 aliphatic carbocycles. The van der Waals surface area contributed by atoms with Crippen molar-refractivity contribution in [3.63, 3.8) is 0 Å². The molecule has 7 nitrogen and oxygen atoms in total. The van der Waals surface area contributed by atoms with Crippen LogP contribution in [-0.4, -0.2) is 50.0 Å². The Kier molecular flexibility index (Phi) is 6.51. The van der Waals surface area contributed by atoms with E-state index in [9.17, 15) is 14.0 Å². The van der Waals surface area contributed by atoms with Gasteiger partial charge in [0.2, 0.25) is 0 Å². The minimum absolute atomic E-state index is 0.130. The highest BCUT2D eigenvalue weighted by atomic mass is 19.1. The first kappa shape index (κ1) is 21.6. The van der Waals surface area contributed by atoms with E-state index in [1.54, 1.807) is 47.4 Å². The summed E-state index contributed by atoms with van der Waals surface area (Å²) in [7, 11) is 1.44. The lowest BCUT2D eigenvalue weighted by molar-refractivity contribution is -0.917. The fourth-order valence-corrected chi connectivity index (χ4v) is 3.85. The van der Waals surface area contributed by atoms with Crippen molar-refractivity contribution in [2.45, 2.75) is 6.54 Å². The Morgan fingerprint density at radius 3 is 2.59 bits per heavy atom. The van der Waals surface area contributed by atoms with Gasteiger partial charge in [0.25, 0.3) is 11.8 Å². The average molecular weight is 438 g/mol. The van der Waals surface area contributed by atoms with Crippen LogP contribution in [0.2, 0.25) is 0 Å². The van der Waals surface area contributed by atoms with E-state index >= 15 is 0 Å². The number of para-hydroxylation sites is 1. The molecule has 0 bridgehead atoms. The molecule has 1 aliphatic rings. The summed E-state index contributed by atoms with van der Waals surface area (Å²) in [4.78, 5) is 28.6. The topological polar surface area (TPSA) is 76.2 Å². The predicted molar refractivity (Wildman–Crippen MR) is 116 cm³/mol. The van der Waals surface area contributed by atoms with Crippen molar-refractivity contribution >= 4 is 17.5 Å². The fourth-order valence-electron chi connectivity index (χ4n) is 3.85. The van der Waals surface area contributed by atoms with Gasteiger partial charge in [-0.2, -0.15) is 0 Å². The van der Waals surface area contributed by atoms with E-state index in [1.165, 1.54) is 24.3 Å². The number of hydrogen-bond acceptors (Lipinski definition) is 4. The van der Waals surface area contributed by atoms with Crippen molar-refractivity contribution < 1.29 is 28.0 Å². The third-order valence-electron chi connectivity index (χ3n) is 5.58. The summed E-state index contributed by atoms with van der Waals surface area (Å²) in [5.74, 6) is -0.492. The monoisotopic (exact) mass is 438 g/mol. The molecule has 0 spiro atoms. The van der Waals surface area contributed by atoms with Crippen LogP contribution >= 0.6 is 0 Å². The van der Waals surface area contributed by atoms with Crippen LogP contribution in [0.15, 0.2) is 65.3 Å². The number of halogens is 1. The molecule has 0 radical (unpaired) electrons. The summed E-state index contributed by atoms with van der Waals surface area (Å²) in [6, 6.07) is 15.2. The van der Waals surface area contributed by atoms with Crippen LogP contribution in [-0.2, 0) is 6.54 Å². The molecule has 1 saturated heterocycles. The number of hydrogen-bond donors (Lipinski definition) is 2. The van der Waals surface area contributed by atoms with E-state index < -0.39 is 5.91 Å². The Bertz CT molecular complexity index is 1090. The van der Waals surface area contributed by atoms with E-state index in [1.807, 2.05) is 6.07 Å².